The molecule has 2 rings (SSSR count). The van der Waals surface area contributed by atoms with Gasteiger partial charge in [0.05, 0.1) is 10.6 Å². The molecule has 1 aliphatic heterocycles. The first kappa shape index (κ1) is 9.82. The van der Waals surface area contributed by atoms with E-state index < -0.39 is 9.04 Å². The molecule has 0 radical (unpaired) electrons. The highest BCUT2D eigenvalue weighted by Crippen LogP contribution is 2.43. The van der Waals surface area contributed by atoms with Crippen LogP contribution in [-0.4, -0.2) is 22.9 Å². The average molecular weight is 230 g/mol. The zero-order valence-corrected chi connectivity index (χ0v) is 9.43. The predicted molar refractivity (Wildman–Crippen MR) is 59.5 cm³/mol. The summed E-state index contributed by atoms with van der Waals surface area (Å²) >= 11 is 0. The molecule has 4 nitrogen and oxygen atoms in total. The number of hydrogen-bond acceptors (Lipinski definition) is 4. The molecule has 1 atom stereocenters. The predicted octanol–water partition coefficient (Wildman–Crippen LogP) is 2.35. The molecule has 1 heterocycles. The number of anilines is 1. The van der Waals surface area contributed by atoms with Crippen LogP contribution in [0.5, 0.6) is 0 Å². The maximum Gasteiger partial charge on any atom is 0.226 e. The van der Waals surface area contributed by atoms with Crippen molar-refractivity contribution in [3.05, 3.63) is 18.2 Å². The minimum Gasteiger partial charge on any atom is -0.378 e. The molecule has 0 aliphatic carbocycles. The lowest BCUT2D eigenvalue weighted by Crippen LogP contribution is -2.08. The van der Waals surface area contributed by atoms with Gasteiger partial charge in [0, 0.05) is 30.6 Å². The van der Waals surface area contributed by atoms with E-state index in [9.17, 15) is 8.76 Å². The number of benzene rings is 1. The van der Waals surface area contributed by atoms with Gasteiger partial charge in [-0.1, -0.05) is 0 Å². The van der Waals surface area contributed by atoms with Crippen LogP contribution in [0.2, 0.25) is 0 Å². The minimum atomic E-state index is -3.07. The lowest BCUT2D eigenvalue weighted by atomic mass is 10.3. The van der Waals surface area contributed by atoms with Crippen LogP contribution in [-0.2, 0) is 9.04 Å². The normalized spacial score (nSPS) is 24.2. The number of fused-ring (bicyclic) bond motifs is 1. The highest BCUT2D eigenvalue weighted by molar-refractivity contribution is 8.71. The fourth-order valence-electron chi connectivity index (χ4n) is 1.18. The van der Waals surface area contributed by atoms with Crippen LogP contribution in [0, 0.1) is 0 Å². The van der Waals surface area contributed by atoms with E-state index >= 15 is 0 Å². The average Bonchev–Trinajstić information content (AvgIpc) is 2.36. The van der Waals surface area contributed by atoms with Gasteiger partial charge in [0.15, 0.2) is 0 Å². The molecular formula is C8H10N2O2S2. The summed E-state index contributed by atoms with van der Waals surface area (Å²) in [6.07, 6.45) is 0. The third-order valence-corrected chi connectivity index (χ3v) is 4.44. The Morgan fingerprint density at radius 1 is 1.50 bits per heavy atom. The van der Waals surface area contributed by atoms with Crippen molar-refractivity contribution in [3.8, 4) is 0 Å². The molecule has 0 aromatic heterocycles. The van der Waals surface area contributed by atoms with Gasteiger partial charge in [-0.3, -0.25) is 4.55 Å². The molecule has 0 bridgehead atoms. The largest absolute Gasteiger partial charge is 0.378 e. The van der Waals surface area contributed by atoms with Crippen molar-refractivity contribution >= 4 is 31.2 Å². The van der Waals surface area contributed by atoms with Crippen LogP contribution in [0.4, 0.5) is 11.4 Å². The van der Waals surface area contributed by atoms with E-state index in [-0.39, 0.29) is 0 Å². The van der Waals surface area contributed by atoms with Gasteiger partial charge in [-0.2, -0.15) is 4.36 Å². The first-order valence-electron chi connectivity index (χ1n) is 3.98. The Morgan fingerprint density at radius 3 is 2.86 bits per heavy atom. The monoisotopic (exact) mass is 230 g/mol. The second-order valence-corrected chi connectivity index (χ2v) is 6.66. The van der Waals surface area contributed by atoms with E-state index in [1.54, 1.807) is 6.07 Å². The van der Waals surface area contributed by atoms with Gasteiger partial charge in [-0.05, 0) is 18.2 Å². The Kier molecular flexibility index (Phi) is 2.21. The lowest BCUT2D eigenvalue weighted by molar-refractivity contribution is 0.570. The van der Waals surface area contributed by atoms with Crippen molar-refractivity contribution in [1.82, 2.24) is 0 Å². The second kappa shape index (κ2) is 3.15. The number of hydrogen-bond donors (Lipinski definition) is 1. The third-order valence-electron chi connectivity index (χ3n) is 1.87. The SMILES string of the molecule is CN(C)c1ccc2c(c1)SS(=O)(O)=N2. The molecular weight excluding hydrogens is 220 g/mol. The zero-order valence-electron chi connectivity index (χ0n) is 7.80. The minimum absolute atomic E-state index is 0.605. The fraction of sp³-hybridized carbons (Fsp3) is 0.250. The zero-order chi connectivity index (χ0) is 10.3. The van der Waals surface area contributed by atoms with Crippen LogP contribution >= 0.6 is 10.8 Å². The summed E-state index contributed by atoms with van der Waals surface area (Å²) in [5.74, 6) is 0. The van der Waals surface area contributed by atoms with Gasteiger partial charge < -0.3 is 4.90 Å². The van der Waals surface area contributed by atoms with E-state index in [1.807, 2.05) is 31.1 Å². The Balaban J connectivity index is 2.48. The van der Waals surface area contributed by atoms with E-state index in [4.69, 9.17) is 0 Å². The van der Waals surface area contributed by atoms with Crippen molar-refractivity contribution in [2.45, 2.75) is 4.90 Å². The molecule has 6 heteroatoms. The Bertz CT molecular complexity index is 490. The molecule has 1 N–H and O–H groups in total. The maximum absolute atomic E-state index is 11.3. The van der Waals surface area contributed by atoms with Gasteiger partial charge in [0.25, 0.3) is 0 Å². The van der Waals surface area contributed by atoms with Gasteiger partial charge in [-0.25, -0.2) is 4.21 Å². The highest BCUT2D eigenvalue weighted by Gasteiger charge is 2.20. The molecule has 1 aromatic carbocycles. The standard InChI is InChI=1S/C8H10N2O2S2/c1-10(2)6-3-4-7-8(5-6)13-14(11,12)9-7/h3-5H,1-2H3,(H,9,11,12). The molecule has 1 unspecified atom stereocenters. The molecule has 1 aromatic rings. The van der Waals surface area contributed by atoms with Crippen LogP contribution in [0.25, 0.3) is 0 Å². The number of nitrogens with zero attached hydrogens (tertiary/aromatic N) is 2. The first-order valence-corrected chi connectivity index (χ1v) is 6.79. The summed E-state index contributed by atoms with van der Waals surface area (Å²) in [5, 5.41) is 0. The van der Waals surface area contributed by atoms with Gasteiger partial charge in [-0.15, -0.1) is 0 Å². The molecule has 0 fully saturated rings. The first-order chi connectivity index (χ1) is 6.48. The molecule has 0 amide bonds. The highest BCUT2D eigenvalue weighted by atomic mass is 33.1. The summed E-state index contributed by atoms with van der Waals surface area (Å²) in [7, 11) is 1.69. The van der Waals surface area contributed by atoms with Crippen molar-refractivity contribution in [1.29, 1.82) is 0 Å². The van der Waals surface area contributed by atoms with E-state index in [0.29, 0.717) is 5.69 Å². The summed E-state index contributed by atoms with van der Waals surface area (Å²) < 4.78 is 24.2. The van der Waals surface area contributed by atoms with Crippen LogP contribution in [0.3, 0.4) is 0 Å². The Labute approximate surface area is 86.7 Å². The molecule has 1 aliphatic rings. The van der Waals surface area contributed by atoms with Crippen LogP contribution in [0.15, 0.2) is 27.5 Å². The van der Waals surface area contributed by atoms with Crippen molar-refractivity contribution in [3.63, 3.8) is 0 Å². The van der Waals surface area contributed by atoms with E-state index in [1.165, 1.54) is 0 Å². The molecule has 76 valence electrons. The Hall–Kier alpha value is -0.720. The topological polar surface area (TPSA) is 52.9 Å². The van der Waals surface area contributed by atoms with Crippen LogP contribution < -0.4 is 4.90 Å². The van der Waals surface area contributed by atoms with Crippen molar-refractivity contribution < 1.29 is 8.76 Å². The van der Waals surface area contributed by atoms with Crippen molar-refractivity contribution in [2.75, 3.05) is 19.0 Å². The lowest BCUT2D eigenvalue weighted by Gasteiger charge is -2.12. The van der Waals surface area contributed by atoms with Gasteiger partial charge in [0.2, 0.25) is 9.04 Å². The summed E-state index contributed by atoms with van der Waals surface area (Å²) in [4.78, 5) is 2.71. The summed E-state index contributed by atoms with van der Waals surface area (Å²) in [6.45, 7) is 0. The van der Waals surface area contributed by atoms with Gasteiger partial charge in [0.1, 0.15) is 0 Å². The molecule has 0 spiro atoms. The summed E-state index contributed by atoms with van der Waals surface area (Å²) in [5.41, 5.74) is 1.61. The fourth-order valence-corrected chi connectivity index (χ4v) is 3.74. The van der Waals surface area contributed by atoms with E-state index in [0.717, 1.165) is 21.4 Å². The van der Waals surface area contributed by atoms with Crippen molar-refractivity contribution in [2.24, 2.45) is 4.36 Å². The third kappa shape index (κ3) is 1.73. The summed E-state index contributed by atoms with van der Waals surface area (Å²) in [6, 6.07) is 5.51. The molecule has 14 heavy (non-hydrogen) atoms. The maximum atomic E-state index is 11.3. The Morgan fingerprint density at radius 2 is 2.21 bits per heavy atom. The van der Waals surface area contributed by atoms with Crippen LogP contribution in [0.1, 0.15) is 0 Å². The number of rotatable bonds is 1. The second-order valence-electron chi connectivity index (χ2n) is 3.17. The quantitative estimate of drug-likeness (QED) is 0.752. The molecule has 0 saturated heterocycles. The smallest absolute Gasteiger partial charge is 0.226 e. The van der Waals surface area contributed by atoms with Gasteiger partial charge >= 0.3 is 0 Å². The van der Waals surface area contributed by atoms with E-state index in [2.05, 4.69) is 4.36 Å². The molecule has 0 saturated carbocycles.